The Balaban J connectivity index is -0.00000264. The molecule has 0 spiro atoms. The van der Waals surface area contributed by atoms with Crippen molar-refractivity contribution in [2.24, 2.45) is 5.92 Å². The van der Waals surface area contributed by atoms with Gasteiger partial charge in [-0.15, -0.1) is 0 Å². The fourth-order valence-electron chi connectivity index (χ4n) is 1.56. The molecule has 8 nitrogen and oxygen atoms in total. The van der Waals surface area contributed by atoms with E-state index in [1.165, 1.54) is 0 Å². The molecule has 0 aromatic carbocycles. The van der Waals surface area contributed by atoms with Crippen LogP contribution in [0.3, 0.4) is 0 Å². The zero-order valence-corrected chi connectivity index (χ0v) is 15.1. The number of carbonyl (C=O) groups excluding carboxylic acids is 2. The highest BCUT2D eigenvalue weighted by Crippen LogP contribution is 1.98. The zero-order valence-electron chi connectivity index (χ0n) is 15.1. The third kappa shape index (κ3) is 15.7. The normalized spacial score (nSPS) is 10.8. The van der Waals surface area contributed by atoms with Crippen molar-refractivity contribution in [2.45, 2.75) is 20.3 Å². The van der Waals surface area contributed by atoms with Gasteiger partial charge in [0, 0.05) is 35.4 Å². The first-order chi connectivity index (χ1) is 11.6. The van der Waals surface area contributed by atoms with E-state index in [0.717, 1.165) is 0 Å². The summed E-state index contributed by atoms with van der Waals surface area (Å²) in [5, 5.41) is 5.34. The molecule has 2 amide bonds. The molecular formula is C16H36N2O6. The number of methoxy groups -OCH3 is 1. The van der Waals surface area contributed by atoms with Gasteiger partial charge in [-0.2, -0.15) is 0 Å². The van der Waals surface area contributed by atoms with Crippen LogP contribution in [0.1, 0.15) is 23.1 Å². The molecule has 0 radical (unpaired) electrons. The number of nitrogens with one attached hydrogen (secondary N) is 2. The summed E-state index contributed by atoms with van der Waals surface area (Å²) in [6.45, 7) is 7.84. The predicted molar refractivity (Wildman–Crippen MR) is 94.4 cm³/mol. The minimum atomic E-state index is -0.252. The number of hydrogen-bond donors (Lipinski definition) is 2. The van der Waals surface area contributed by atoms with Gasteiger partial charge in [-0.1, -0.05) is 13.8 Å². The lowest BCUT2D eigenvalue weighted by Gasteiger charge is -2.09. The lowest BCUT2D eigenvalue weighted by atomic mass is 10.1. The molecule has 0 aliphatic carbocycles. The summed E-state index contributed by atoms with van der Waals surface area (Å²) in [6.07, 6.45) is 0.439. The number of urea groups is 1. The first-order valence-electron chi connectivity index (χ1n) is 8.34. The molecule has 0 unspecified atom stereocenters. The van der Waals surface area contributed by atoms with Crippen molar-refractivity contribution in [3.8, 4) is 0 Å². The Kier molecular flexibility index (Phi) is 15.8. The van der Waals surface area contributed by atoms with Gasteiger partial charge in [-0.25, -0.2) is 4.79 Å². The van der Waals surface area contributed by atoms with Gasteiger partial charge >= 0.3 is 6.03 Å². The van der Waals surface area contributed by atoms with E-state index in [1.54, 1.807) is 7.11 Å². The largest absolute Gasteiger partial charge is 0.382 e. The van der Waals surface area contributed by atoms with E-state index in [0.29, 0.717) is 65.8 Å². The Morgan fingerprint density at radius 1 is 0.833 bits per heavy atom. The molecule has 0 rings (SSSR count). The van der Waals surface area contributed by atoms with Gasteiger partial charge in [0.15, 0.2) is 0 Å². The third-order valence-corrected chi connectivity index (χ3v) is 3.00. The first-order valence-corrected chi connectivity index (χ1v) is 8.34. The van der Waals surface area contributed by atoms with Gasteiger partial charge in [0.25, 0.3) is 0 Å². The molecule has 146 valence electrons. The Bertz CT molecular complexity index is 336. The number of amides is 2. The molecule has 0 bridgehead atoms. The minimum Gasteiger partial charge on any atom is -0.382 e. The molecule has 0 atom stereocenters. The van der Waals surface area contributed by atoms with Crippen molar-refractivity contribution in [1.29, 1.82) is 0 Å². The van der Waals surface area contributed by atoms with Crippen molar-refractivity contribution in [2.75, 3.05) is 66.4 Å². The van der Waals surface area contributed by atoms with E-state index in [2.05, 4.69) is 10.6 Å². The summed E-state index contributed by atoms with van der Waals surface area (Å²) < 4.78 is 20.7. The Labute approximate surface area is 147 Å². The van der Waals surface area contributed by atoms with E-state index in [1.807, 2.05) is 13.8 Å². The van der Waals surface area contributed by atoms with Crippen molar-refractivity contribution in [1.82, 2.24) is 10.6 Å². The number of Topliss-reactive ketones (excluding diaryl/α,β-unsaturated/α-hetero) is 1. The van der Waals surface area contributed by atoms with Gasteiger partial charge in [0.1, 0.15) is 5.78 Å². The summed E-state index contributed by atoms with van der Waals surface area (Å²) in [6, 6.07) is -0.252. The van der Waals surface area contributed by atoms with E-state index < -0.39 is 0 Å². The fraction of sp³-hybridized carbons (Fsp3) is 0.875. The minimum absolute atomic E-state index is 0. The second-order valence-corrected chi connectivity index (χ2v) is 5.38. The van der Waals surface area contributed by atoms with Gasteiger partial charge in [-0.05, 0) is 0 Å². The molecule has 0 aromatic heterocycles. The van der Waals surface area contributed by atoms with Crippen LogP contribution >= 0.6 is 0 Å². The van der Waals surface area contributed by atoms with E-state index in [9.17, 15) is 9.59 Å². The average molecular weight is 352 g/mol. The molecule has 0 fully saturated rings. The lowest BCUT2D eigenvalue weighted by Crippen LogP contribution is -2.39. The van der Waals surface area contributed by atoms with Crippen molar-refractivity contribution in [3.05, 3.63) is 0 Å². The smallest absolute Gasteiger partial charge is 0.314 e. The third-order valence-electron chi connectivity index (χ3n) is 3.00. The van der Waals surface area contributed by atoms with Crippen LogP contribution in [0, 0.1) is 5.92 Å². The number of hydrogen-bond acceptors (Lipinski definition) is 6. The molecule has 0 saturated heterocycles. The van der Waals surface area contributed by atoms with Gasteiger partial charge < -0.3 is 29.6 Å². The quantitative estimate of drug-likeness (QED) is 0.404. The topological polar surface area (TPSA) is 95.1 Å². The van der Waals surface area contributed by atoms with E-state index in [4.69, 9.17) is 18.9 Å². The van der Waals surface area contributed by atoms with E-state index in [-0.39, 0.29) is 20.6 Å². The lowest BCUT2D eigenvalue weighted by molar-refractivity contribution is -0.123. The molecule has 0 aromatic rings. The zero-order chi connectivity index (χ0) is 18.0. The SMILES string of the molecule is COCCOCCNC(=O)NCCOCCOCCC(=O)C(C)C.[HH].[HH]. The summed E-state index contributed by atoms with van der Waals surface area (Å²) in [7, 11) is 1.61. The maximum absolute atomic E-state index is 11.4. The van der Waals surface area contributed by atoms with Gasteiger partial charge in [0.2, 0.25) is 0 Å². The first kappa shape index (κ1) is 22.8. The monoisotopic (exact) mass is 352 g/mol. The Morgan fingerprint density at radius 3 is 1.83 bits per heavy atom. The number of ketones is 1. The predicted octanol–water partition coefficient (Wildman–Crippen LogP) is 1.09. The van der Waals surface area contributed by atoms with Crippen molar-refractivity contribution < 1.29 is 31.4 Å². The fourth-order valence-corrected chi connectivity index (χ4v) is 1.56. The standard InChI is InChI=1S/C16H32N2O6.2H2/c1-14(2)15(19)4-7-22-12-13-24-9-6-18-16(20)17-5-8-23-11-10-21-3;;/h14H,4-13H2,1-3H3,(H2,17,18,20);2*1H. The molecular weight excluding hydrogens is 316 g/mol. The molecule has 8 heteroatoms. The number of ether oxygens (including phenoxy) is 4. The maximum atomic E-state index is 11.4. The number of carbonyl (C=O) groups is 2. The average Bonchev–Trinajstić information content (AvgIpc) is 2.56. The van der Waals surface area contributed by atoms with Crippen LogP contribution in [-0.2, 0) is 23.7 Å². The molecule has 0 aliphatic heterocycles. The second kappa shape index (κ2) is 16.6. The Hall–Kier alpha value is -1.22. The summed E-state index contributed by atoms with van der Waals surface area (Å²) in [5.74, 6) is 0.259. The highest BCUT2D eigenvalue weighted by atomic mass is 16.5. The molecule has 0 heterocycles. The molecule has 0 saturated carbocycles. The van der Waals surface area contributed by atoms with Crippen LogP contribution in [0.25, 0.3) is 0 Å². The van der Waals surface area contributed by atoms with Crippen LogP contribution in [0.2, 0.25) is 0 Å². The highest BCUT2D eigenvalue weighted by Gasteiger charge is 2.06. The van der Waals surface area contributed by atoms with Crippen LogP contribution in [0.5, 0.6) is 0 Å². The van der Waals surface area contributed by atoms with E-state index >= 15 is 0 Å². The summed E-state index contributed by atoms with van der Waals surface area (Å²) in [4.78, 5) is 22.8. The van der Waals surface area contributed by atoms with Crippen LogP contribution in [0.4, 0.5) is 4.79 Å². The second-order valence-electron chi connectivity index (χ2n) is 5.38. The molecule has 24 heavy (non-hydrogen) atoms. The maximum Gasteiger partial charge on any atom is 0.314 e. The van der Waals surface area contributed by atoms with Crippen LogP contribution in [0.15, 0.2) is 0 Å². The summed E-state index contributed by atoms with van der Waals surface area (Å²) in [5.41, 5.74) is 0. The molecule has 2 N–H and O–H groups in total. The van der Waals surface area contributed by atoms with Crippen molar-refractivity contribution in [3.63, 3.8) is 0 Å². The summed E-state index contributed by atoms with van der Waals surface area (Å²) >= 11 is 0. The van der Waals surface area contributed by atoms with Crippen LogP contribution < -0.4 is 10.6 Å². The van der Waals surface area contributed by atoms with Gasteiger partial charge in [-0.3, -0.25) is 4.79 Å². The van der Waals surface area contributed by atoms with Crippen molar-refractivity contribution >= 4 is 11.8 Å². The molecule has 0 aliphatic rings. The van der Waals surface area contributed by atoms with Gasteiger partial charge in [0.05, 0.1) is 46.2 Å². The Morgan fingerprint density at radius 2 is 1.33 bits per heavy atom. The van der Waals surface area contributed by atoms with Crippen LogP contribution in [-0.4, -0.2) is 78.3 Å². The number of rotatable bonds is 16. The highest BCUT2D eigenvalue weighted by molar-refractivity contribution is 5.80.